The van der Waals surface area contributed by atoms with Gasteiger partial charge in [-0.3, -0.25) is 9.36 Å². The highest BCUT2D eigenvalue weighted by Crippen LogP contribution is 2.41. The van der Waals surface area contributed by atoms with E-state index in [4.69, 9.17) is 9.84 Å². The molecule has 0 saturated carbocycles. The maximum Gasteiger partial charge on any atom is 0.264 e. The molecule has 0 bridgehead atoms. The van der Waals surface area contributed by atoms with Gasteiger partial charge in [0.05, 0.1) is 12.2 Å². The maximum absolute atomic E-state index is 14.0. The van der Waals surface area contributed by atoms with Crippen molar-refractivity contribution in [3.8, 4) is 11.1 Å². The number of anilines is 2. The average Bonchev–Trinajstić information content (AvgIpc) is 3.42. The van der Waals surface area contributed by atoms with E-state index in [2.05, 4.69) is 10.00 Å². The van der Waals surface area contributed by atoms with Gasteiger partial charge in [-0.25, -0.2) is 8.78 Å². The normalized spacial score (nSPS) is 17.5. The molecular formula is C22H25F2N5O. The lowest BCUT2D eigenvalue weighted by atomic mass is 9.93. The third-order valence-electron chi connectivity index (χ3n) is 6.06. The van der Waals surface area contributed by atoms with Gasteiger partial charge < -0.3 is 9.64 Å². The summed E-state index contributed by atoms with van der Waals surface area (Å²) >= 11 is 0. The molecule has 2 aromatic heterocycles. The molecule has 158 valence electrons. The number of benzene rings is 1. The van der Waals surface area contributed by atoms with Gasteiger partial charge in [0, 0.05) is 62.1 Å². The topological polar surface area (TPSA) is 48.1 Å². The Hall–Kier alpha value is -2.74. The molecular weight excluding hydrogens is 388 g/mol. The molecule has 1 aromatic carbocycles. The van der Waals surface area contributed by atoms with Gasteiger partial charge in [0.1, 0.15) is 0 Å². The van der Waals surface area contributed by atoms with Crippen molar-refractivity contribution in [3.05, 3.63) is 47.9 Å². The van der Waals surface area contributed by atoms with Crippen molar-refractivity contribution in [2.45, 2.75) is 38.2 Å². The minimum absolute atomic E-state index is 0.0394. The van der Waals surface area contributed by atoms with Crippen molar-refractivity contribution in [2.75, 3.05) is 24.7 Å². The van der Waals surface area contributed by atoms with Crippen LogP contribution in [0.1, 0.15) is 42.9 Å². The van der Waals surface area contributed by atoms with Crippen molar-refractivity contribution in [1.29, 1.82) is 0 Å². The number of hydrogen-bond acceptors (Lipinski definition) is 4. The molecule has 2 aliphatic heterocycles. The Balaban J connectivity index is 1.52. The summed E-state index contributed by atoms with van der Waals surface area (Å²) in [5.41, 5.74) is 3.23. The number of alkyl halides is 2. The first-order chi connectivity index (χ1) is 14.6. The summed E-state index contributed by atoms with van der Waals surface area (Å²) in [5, 5.41) is 8.96. The summed E-state index contributed by atoms with van der Waals surface area (Å²) in [5.74, 6) is 0.816. The number of rotatable bonds is 4. The Kier molecular flexibility index (Phi) is 5.02. The van der Waals surface area contributed by atoms with Gasteiger partial charge in [0.15, 0.2) is 5.82 Å². The summed E-state index contributed by atoms with van der Waals surface area (Å²) in [7, 11) is 1.79. The van der Waals surface area contributed by atoms with Crippen LogP contribution >= 0.6 is 0 Å². The van der Waals surface area contributed by atoms with Crippen LogP contribution in [0.2, 0.25) is 0 Å². The van der Waals surface area contributed by atoms with Crippen LogP contribution in [0.4, 0.5) is 20.3 Å². The van der Waals surface area contributed by atoms with Gasteiger partial charge in [-0.2, -0.15) is 10.2 Å². The molecule has 0 amide bonds. The lowest BCUT2D eigenvalue weighted by Crippen LogP contribution is -2.26. The van der Waals surface area contributed by atoms with Crippen molar-refractivity contribution in [2.24, 2.45) is 7.05 Å². The minimum Gasteiger partial charge on any atom is -0.381 e. The maximum atomic E-state index is 14.0. The molecule has 8 heteroatoms. The highest BCUT2D eigenvalue weighted by atomic mass is 19.3. The van der Waals surface area contributed by atoms with Crippen LogP contribution in [0, 0.1) is 0 Å². The van der Waals surface area contributed by atoms with E-state index in [9.17, 15) is 8.78 Å². The van der Waals surface area contributed by atoms with Crippen LogP contribution in [0.25, 0.3) is 11.1 Å². The molecule has 3 aromatic rings. The Morgan fingerprint density at radius 3 is 2.77 bits per heavy atom. The second-order valence-electron chi connectivity index (χ2n) is 8.02. The van der Waals surface area contributed by atoms with E-state index in [0.29, 0.717) is 11.6 Å². The fourth-order valence-electron chi connectivity index (χ4n) is 4.50. The lowest BCUT2D eigenvalue weighted by molar-refractivity contribution is 0.0663. The molecule has 5 rings (SSSR count). The number of aromatic nitrogens is 4. The Bertz CT molecular complexity index is 1040. The number of nitrogens with zero attached hydrogens (tertiary/aromatic N) is 5. The zero-order valence-electron chi connectivity index (χ0n) is 17.0. The van der Waals surface area contributed by atoms with Crippen LogP contribution in [-0.2, 0) is 18.2 Å². The molecule has 1 fully saturated rings. The Morgan fingerprint density at radius 2 is 2.03 bits per heavy atom. The fourth-order valence-corrected chi connectivity index (χ4v) is 4.50. The van der Waals surface area contributed by atoms with E-state index in [1.165, 1.54) is 0 Å². The molecule has 0 aliphatic carbocycles. The molecule has 0 N–H and O–H groups in total. The van der Waals surface area contributed by atoms with Crippen molar-refractivity contribution < 1.29 is 13.5 Å². The summed E-state index contributed by atoms with van der Waals surface area (Å²) in [6.07, 6.45) is 6.57. The van der Waals surface area contributed by atoms with Gasteiger partial charge in [0.2, 0.25) is 0 Å². The number of aryl methyl sites for hydroxylation is 2. The predicted octanol–water partition coefficient (Wildman–Crippen LogP) is 4.66. The van der Waals surface area contributed by atoms with Crippen LogP contribution in [-0.4, -0.2) is 39.3 Å². The molecule has 0 unspecified atom stereocenters. The van der Waals surface area contributed by atoms with Crippen molar-refractivity contribution in [1.82, 2.24) is 19.6 Å². The standard InChI is InChI=1S/C22H25F2N5O/c1-27-14-16(13-25-27)18-11-15-3-2-7-28(20(15)12-19(18)22(23)24)21-4-8-29(26-21)17-5-9-30-10-6-17/h4,8,11-14,17,22H,2-3,5-7,9-10H2,1H3. The SMILES string of the molecule is Cn1cc(-c2cc3c(cc2C(F)F)N(c2ccn(C4CCOCC4)n2)CCC3)cn1. The third kappa shape index (κ3) is 3.49. The molecule has 0 atom stereocenters. The zero-order valence-corrected chi connectivity index (χ0v) is 17.0. The largest absolute Gasteiger partial charge is 0.381 e. The first-order valence-corrected chi connectivity index (χ1v) is 10.4. The molecule has 0 radical (unpaired) electrons. The van der Waals surface area contributed by atoms with Crippen LogP contribution < -0.4 is 4.90 Å². The molecule has 30 heavy (non-hydrogen) atoms. The average molecular weight is 413 g/mol. The van der Waals surface area contributed by atoms with E-state index < -0.39 is 6.43 Å². The third-order valence-corrected chi connectivity index (χ3v) is 6.06. The fraction of sp³-hybridized carbons (Fsp3) is 0.455. The predicted molar refractivity (Wildman–Crippen MR) is 110 cm³/mol. The molecule has 1 saturated heterocycles. The first kappa shape index (κ1) is 19.2. The molecule has 6 nitrogen and oxygen atoms in total. The highest BCUT2D eigenvalue weighted by molar-refractivity contribution is 5.75. The Morgan fingerprint density at radius 1 is 1.20 bits per heavy atom. The molecule has 2 aliphatic rings. The highest BCUT2D eigenvalue weighted by Gasteiger charge is 2.26. The van der Waals surface area contributed by atoms with Gasteiger partial charge in [-0.15, -0.1) is 0 Å². The monoisotopic (exact) mass is 413 g/mol. The number of halogens is 2. The summed E-state index contributed by atoms with van der Waals surface area (Å²) in [6.45, 7) is 2.27. The van der Waals surface area contributed by atoms with Crippen LogP contribution in [0.15, 0.2) is 36.8 Å². The number of ether oxygens (including phenoxy) is 1. The smallest absolute Gasteiger partial charge is 0.264 e. The van der Waals surface area contributed by atoms with E-state index in [-0.39, 0.29) is 5.56 Å². The number of hydrogen-bond donors (Lipinski definition) is 0. The number of fused-ring (bicyclic) bond motifs is 1. The van der Waals surface area contributed by atoms with Crippen LogP contribution in [0.5, 0.6) is 0 Å². The summed E-state index contributed by atoms with van der Waals surface area (Å²) in [6, 6.07) is 5.88. The van der Waals surface area contributed by atoms with Gasteiger partial charge in [0.25, 0.3) is 6.43 Å². The summed E-state index contributed by atoms with van der Waals surface area (Å²) < 4.78 is 37.1. The molecule has 0 spiro atoms. The Labute approximate surface area is 174 Å². The van der Waals surface area contributed by atoms with Crippen molar-refractivity contribution >= 4 is 11.5 Å². The van der Waals surface area contributed by atoms with E-state index in [0.717, 1.165) is 68.1 Å². The van der Waals surface area contributed by atoms with Gasteiger partial charge in [-0.1, -0.05) is 0 Å². The van der Waals surface area contributed by atoms with Gasteiger partial charge in [-0.05, 0) is 48.9 Å². The van der Waals surface area contributed by atoms with E-state index in [1.54, 1.807) is 30.2 Å². The second-order valence-corrected chi connectivity index (χ2v) is 8.02. The second kappa shape index (κ2) is 7.83. The van der Waals surface area contributed by atoms with E-state index >= 15 is 0 Å². The van der Waals surface area contributed by atoms with E-state index in [1.807, 2.05) is 23.0 Å². The zero-order chi connectivity index (χ0) is 20.7. The lowest BCUT2D eigenvalue weighted by Gasteiger charge is -2.31. The minimum atomic E-state index is -2.56. The quantitative estimate of drug-likeness (QED) is 0.624. The first-order valence-electron chi connectivity index (χ1n) is 10.4. The molecule has 4 heterocycles. The van der Waals surface area contributed by atoms with Gasteiger partial charge >= 0.3 is 0 Å². The summed E-state index contributed by atoms with van der Waals surface area (Å²) in [4.78, 5) is 2.08. The van der Waals surface area contributed by atoms with Crippen molar-refractivity contribution in [3.63, 3.8) is 0 Å². The van der Waals surface area contributed by atoms with Crippen LogP contribution in [0.3, 0.4) is 0 Å².